The summed E-state index contributed by atoms with van der Waals surface area (Å²) in [5.74, 6) is -0.375. The van der Waals surface area contributed by atoms with Crippen molar-refractivity contribution >= 4 is 11.8 Å². The lowest BCUT2D eigenvalue weighted by molar-refractivity contribution is -0.123. The normalized spacial score (nSPS) is 18.4. The van der Waals surface area contributed by atoms with Gasteiger partial charge in [0.25, 0.3) is 5.91 Å². The Hall–Kier alpha value is -1.95. The number of rotatable bonds is 7. The van der Waals surface area contributed by atoms with Gasteiger partial charge in [0.05, 0.1) is 0 Å². The van der Waals surface area contributed by atoms with Gasteiger partial charge in [-0.15, -0.1) is 0 Å². The van der Waals surface area contributed by atoms with E-state index in [4.69, 9.17) is 0 Å². The summed E-state index contributed by atoms with van der Waals surface area (Å²) < 4.78 is 12.9. The van der Waals surface area contributed by atoms with Gasteiger partial charge in [-0.05, 0) is 62.0 Å². The number of nitrogens with one attached hydrogen (secondary N) is 3. The smallest absolute Gasteiger partial charge is 0.251 e. The summed E-state index contributed by atoms with van der Waals surface area (Å²) in [6.45, 7) is 6.43. The van der Waals surface area contributed by atoms with Gasteiger partial charge in [0.2, 0.25) is 5.91 Å². The minimum Gasteiger partial charge on any atom is -0.354 e. The predicted octanol–water partition coefficient (Wildman–Crippen LogP) is 1.70. The first-order valence-electron chi connectivity index (χ1n) is 8.52. The molecule has 1 aliphatic heterocycles. The van der Waals surface area contributed by atoms with Crippen LogP contribution in [0.3, 0.4) is 0 Å². The molecule has 0 bridgehead atoms. The summed E-state index contributed by atoms with van der Waals surface area (Å²) in [6.07, 6.45) is 2.08. The molecule has 0 saturated carbocycles. The van der Waals surface area contributed by atoms with Crippen molar-refractivity contribution in [3.8, 4) is 0 Å². The number of benzene rings is 1. The molecular formula is C18H26FN3O2. The summed E-state index contributed by atoms with van der Waals surface area (Å²) >= 11 is 0. The highest BCUT2D eigenvalue weighted by Crippen LogP contribution is 2.11. The van der Waals surface area contributed by atoms with E-state index in [0.717, 1.165) is 25.9 Å². The van der Waals surface area contributed by atoms with Crippen LogP contribution >= 0.6 is 0 Å². The quantitative estimate of drug-likeness (QED) is 0.710. The number of halogens is 1. The first-order chi connectivity index (χ1) is 11.5. The van der Waals surface area contributed by atoms with Crippen molar-refractivity contribution in [2.45, 2.75) is 32.7 Å². The van der Waals surface area contributed by atoms with Crippen LogP contribution in [0.5, 0.6) is 0 Å². The molecule has 2 atom stereocenters. The molecule has 0 aliphatic carbocycles. The molecule has 24 heavy (non-hydrogen) atoms. The van der Waals surface area contributed by atoms with E-state index in [1.54, 1.807) is 0 Å². The molecule has 0 aromatic heterocycles. The average molecular weight is 335 g/mol. The summed E-state index contributed by atoms with van der Waals surface area (Å²) in [7, 11) is 0. The van der Waals surface area contributed by atoms with Gasteiger partial charge in [-0.2, -0.15) is 0 Å². The molecule has 0 radical (unpaired) electrons. The van der Waals surface area contributed by atoms with Crippen LogP contribution in [-0.4, -0.2) is 37.5 Å². The summed E-state index contributed by atoms with van der Waals surface area (Å²) in [5, 5.41) is 8.96. The maximum Gasteiger partial charge on any atom is 0.251 e. The predicted molar refractivity (Wildman–Crippen MR) is 91.1 cm³/mol. The van der Waals surface area contributed by atoms with Crippen molar-refractivity contribution in [2.75, 3.05) is 19.6 Å². The van der Waals surface area contributed by atoms with Gasteiger partial charge >= 0.3 is 0 Å². The topological polar surface area (TPSA) is 70.2 Å². The first kappa shape index (κ1) is 18.4. The Morgan fingerprint density at radius 3 is 2.58 bits per heavy atom. The van der Waals surface area contributed by atoms with Crippen LogP contribution < -0.4 is 16.0 Å². The van der Waals surface area contributed by atoms with E-state index in [9.17, 15) is 14.0 Å². The Kier molecular flexibility index (Phi) is 6.73. The van der Waals surface area contributed by atoms with Gasteiger partial charge in [0.15, 0.2) is 0 Å². The minimum absolute atomic E-state index is 0.0393. The molecule has 1 heterocycles. The standard InChI is InChI=1S/C18H26FN3O2/c1-12(2)16(18(24)21-10-8-13-7-9-20-11-13)22-17(23)14-3-5-15(19)6-4-14/h3-6,12-13,16,20H,7-11H2,1-2H3,(H,21,24)(H,22,23). The van der Waals surface area contributed by atoms with E-state index in [2.05, 4.69) is 16.0 Å². The maximum absolute atomic E-state index is 12.9. The monoisotopic (exact) mass is 335 g/mol. The third kappa shape index (κ3) is 5.30. The second-order valence-electron chi connectivity index (χ2n) is 6.64. The number of carbonyl (C=O) groups excluding carboxylic acids is 2. The second kappa shape index (κ2) is 8.78. The Labute approximate surface area is 142 Å². The fraction of sp³-hybridized carbons (Fsp3) is 0.556. The third-order valence-corrected chi connectivity index (χ3v) is 4.36. The van der Waals surface area contributed by atoms with Crippen LogP contribution in [0.15, 0.2) is 24.3 Å². The van der Waals surface area contributed by atoms with Crippen LogP contribution in [0.25, 0.3) is 0 Å². The highest BCUT2D eigenvalue weighted by molar-refractivity contribution is 5.97. The van der Waals surface area contributed by atoms with Crippen molar-refractivity contribution in [2.24, 2.45) is 11.8 Å². The highest BCUT2D eigenvalue weighted by atomic mass is 19.1. The Bertz CT molecular complexity index is 554. The van der Waals surface area contributed by atoms with Gasteiger partial charge in [0.1, 0.15) is 11.9 Å². The van der Waals surface area contributed by atoms with Crippen molar-refractivity contribution < 1.29 is 14.0 Å². The molecule has 0 spiro atoms. The molecule has 132 valence electrons. The first-order valence-corrected chi connectivity index (χ1v) is 8.52. The van der Waals surface area contributed by atoms with Gasteiger partial charge < -0.3 is 16.0 Å². The SMILES string of the molecule is CC(C)C(NC(=O)c1ccc(F)cc1)C(=O)NCCC1CCNC1. The molecule has 1 aromatic carbocycles. The molecule has 1 saturated heterocycles. The third-order valence-electron chi connectivity index (χ3n) is 4.36. The molecular weight excluding hydrogens is 309 g/mol. The van der Waals surface area contributed by atoms with Crippen LogP contribution in [0, 0.1) is 17.7 Å². The molecule has 2 rings (SSSR count). The molecule has 1 aliphatic rings. The molecule has 1 aromatic rings. The summed E-state index contributed by atoms with van der Waals surface area (Å²) in [6, 6.07) is 4.67. The summed E-state index contributed by atoms with van der Waals surface area (Å²) in [5.41, 5.74) is 0.340. The number of hydrogen-bond acceptors (Lipinski definition) is 3. The zero-order valence-corrected chi connectivity index (χ0v) is 14.3. The molecule has 6 heteroatoms. The number of hydrogen-bond donors (Lipinski definition) is 3. The minimum atomic E-state index is -0.607. The van der Waals surface area contributed by atoms with E-state index >= 15 is 0 Å². The number of amides is 2. The zero-order valence-electron chi connectivity index (χ0n) is 14.3. The Morgan fingerprint density at radius 1 is 1.29 bits per heavy atom. The maximum atomic E-state index is 12.9. The highest BCUT2D eigenvalue weighted by Gasteiger charge is 2.25. The van der Waals surface area contributed by atoms with Crippen LogP contribution in [0.2, 0.25) is 0 Å². The van der Waals surface area contributed by atoms with Gasteiger partial charge in [0, 0.05) is 12.1 Å². The Morgan fingerprint density at radius 2 is 2.00 bits per heavy atom. The van der Waals surface area contributed by atoms with Gasteiger partial charge in [-0.1, -0.05) is 13.8 Å². The van der Waals surface area contributed by atoms with Crippen LogP contribution in [0.4, 0.5) is 4.39 Å². The van der Waals surface area contributed by atoms with Gasteiger partial charge in [-0.25, -0.2) is 4.39 Å². The van der Waals surface area contributed by atoms with E-state index < -0.39 is 11.9 Å². The van der Waals surface area contributed by atoms with E-state index in [1.807, 2.05) is 13.8 Å². The lowest BCUT2D eigenvalue weighted by Crippen LogP contribution is -2.50. The number of carbonyl (C=O) groups is 2. The molecule has 3 N–H and O–H groups in total. The van der Waals surface area contributed by atoms with E-state index in [-0.39, 0.29) is 17.7 Å². The van der Waals surface area contributed by atoms with Crippen LogP contribution in [-0.2, 0) is 4.79 Å². The van der Waals surface area contributed by atoms with Crippen LogP contribution in [0.1, 0.15) is 37.0 Å². The zero-order chi connectivity index (χ0) is 17.5. The van der Waals surface area contributed by atoms with Gasteiger partial charge in [-0.3, -0.25) is 9.59 Å². The molecule has 5 nitrogen and oxygen atoms in total. The molecule has 1 fully saturated rings. The fourth-order valence-electron chi connectivity index (χ4n) is 2.83. The van der Waals surface area contributed by atoms with E-state index in [0.29, 0.717) is 18.0 Å². The van der Waals surface area contributed by atoms with Crippen molar-refractivity contribution in [3.05, 3.63) is 35.6 Å². The molecule has 2 amide bonds. The van der Waals surface area contributed by atoms with Crippen molar-refractivity contribution in [1.29, 1.82) is 0 Å². The van der Waals surface area contributed by atoms with E-state index in [1.165, 1.54) is 24.3 Å². The fourth-order valence-corrected chi connectivity index (χ4v) is 2.83. The lowest BCUT2D eigenvalue weighted by Gasteiger charge is -2.22. The molecule has 2 unspecified atom stereocenters. The lowest BCUT2D eigenvalue weighted by atomic mass is 10.0. The van der Waals surface area contributed by atoms with Crippen molar-refractivity contribution in [1.82, 2.24) is 16.0 Å². The summed E-state index contributed by atoms with van der Waals surface area (Å²) in [4.78, 5) is 24.6. The average Bonchev–Trinajstić information content (AvgIpc) is 3.06. The van der Waals surface area contributed by atoms with Crippen molar-refractivity contribution in [3.63, 3.8) is 0 Å². The largest absolute Gasteiger partial charge is 0.354 e. The second-order valence-corrected chi connectivity index (χ2v) is 6.64. The Balaban J connectivity index is 1.86.